The van der Waals surface area contributed by atoms with Crippen LogP contribution < -0.4 is 9.38 Å². The standard InChI is InChI=1S/C17H22BN3O3S/c1-23-5-2-6-25-21-12-7-11(8-12)14-9-18(22)24-15-10-20-17-13(16(14)15)3-4-19-17/h3-4,9-12,21-22H,2,5-8H2,1H3,(H,19,20). The minimum atomic E-state index is -0.892. The zero-order valence-corrected chi connectivity index (χ0v) is 15.0. The van der Waals surface area contributed by atoms with E-state index < -0.39 is 7.12 Å². The minimum Gasteiger partial charge on any atom is -0.531 e. The zero-order valence-electron chi connectivity index (χ0n) is 14.2. The Balaban J connectivity index is 1.43. The summed E-state index contributed by atoms with van der Waals surface area (Å²) in [5, 5.41) is 11.1. The molecule has 3 heterocycles. The van der Waals surface area contributed by atoms with Gasteiger partial charge in [-0.15, -0.1) is 0 Å². The predicted octanol–water partition coefficient (Wildman–Crippen LogP) is 2.41. The first kappa shape index (κ1) is 17.0. The van der Waals surface area contributed by atoms with Gasteiger partial charge < -0.3 is 19.4 Å². The molecule has 25 heavy (non-hydrogen) atoms. The third kappa shape index (κ3) is 3.44. The number of nitrogens with one attached hydrogen (secondary N) is 2. The molecule has 0 radical (unpaired) electrons. The van der Waals surface area contributed by atoms with E-state index in [2.05, 4.69) is 14.7 Å². The fourth-order valence-corrected chi connectivity index (χ4v) is 4.35. The van der Waals surface area contributed by atoms with Crippen molar-refractivity contribution in [3.05, 3.63) is 30.0 Å². The molecular formula is C17H22BN3O3S. The number of nitrogens with zero attached hydrogens (tertiary/aromatic N) is 1. The van der Waals surface area contributed by atoms with E-state index >= 15 is 0 Å². The maximum absolute atomic E-state index is 10.0. The van der Waals surface area contributed by atoms with Crippen LogP contribution in [0.25, 0.3) is 16.6 Å². The highest BCUT2D eigenvalue weighted by Crippen LogP contribution is 2.46. The highest BCUT2D eigenvalue weighted by atomic mass is 32.2. The van der Waals surface area contributed by atoms with Crippen molar-refractivity contribution in [2.75, 3.05) is 19.5 Å². The highest BCUT2D eigenvalue weighted by molar-refractivity contribution is 7.97. The van der Waals surface area contributed by atoms with E-state index in [1.54, 1.807) is 25.3 Å². The van der Waals surface area contributed by atoms with Gasteiger partial charge in [0, 0.05) is 42.7 Å². The average molecular weight is 359 g/mol. The van der Waals surface area contributed by atoms with Crippen LogP contribution in [0, 0.1) is 5.92 Å². The molecule has 2 aliphatic rings. The smallest absolute Gasteiger partial charge is 0.531 e. The molecule has 3 N–H and O–H groups in total. The summed E-state index contributed by atoms with van der Waals surface area (Å²) in [6.07, 6.45) is 6.80. The number of ether oxygens (including phenoxy) is 1. The lowest BCUT2D eigenvalue weighted by Gasteiger charge is -2.39. The number of rotatable bonds is 7. The van der Waals surface area contributed by atoms with E-state index in [1.807, 2.05) is 18.2 Å². The zero-order chi connectivity index (χ0) is 17.2. The molecule has 0 saturated heterocycles. The second kappa shape index (κ2) is 7.41. The van der Waals surface area contributed by atoms with Gasteiger partial charge >= 0.3 is 7.12 Å². The summed E-state index contributed by atoms with van der Waals surface area (Å²) in [5.74, 6) is 4.02. The van der Waals surface area contributed by atoms with E-state index in [0.717, 1.165) is 48.2 Å². The maximum atomic E-state index is 10.0. The van der Waals surface area contributed by atoms with Gasteiger partial charge in [0.1, 0.15) is 11.4 Å². The van der Waals surface area contributed by atoms with E-state index in [4.69, 9.17) is 9.39 Å². The van der Waals surface area contributed by atoms with Gasteiger partial charge in [-0.25, -0.2) is 4.98 Å². The van der Waals surface area contributed by atoms with Crippen LogP contribution >= 0.6 is 11.9 Å². The SMILES string of the molecule is COCCCSNC1CC(C2=CB(O)Oc3cnc4[nH]ccc4c32)C1. The average Bonchev–Trinajstić information content (AvgIpc) is 3.04. The fraction of sp³-hybridized carbons (Fsp3) is 0.471. The molecule has 132 valence electrons. The van der Waals surface area contributed by atoms with Crippen molar-refractivity contribution in [3.63, 3.8) is 0 Å². The number of H-pyrrole nitrogens is 1. The topological polar surface area (TPSA) is 79.4 Å². The van der Waals surface area contributed by atoms with Gasteiger partial charge in [0.2, 0.25) is 0 Å². The third-order valence-electron chi connectivity index (χ3n) is 4.83. The molecule has 1 aliphatic heterocycles. The molecular weight excluding hydrogens is 337 g/mol. The van der Waals surface area contributed by atoms with Crippen LogP contribution in [0.5, 0.6) is 5.75 Å². The van der Waals surface area contributed by atoms with E-state index in [-0.39, 0.29) is 0 Å². The molecule has 2 aromatic rings. The first-order valence-electron chi connectivity index (χ1n) is 8.65. The van der Waals surface area contributed by atoms with Crippen LogP contribution in [-0.2, 0) is 4.74 Å². The van der Waals surface area contributed by atoms with Crippen molar-refractivity contribution in [2.24, 2.45) is 5.92 Å². The molecule has 1 aliphatic carbocycles. The summed E-state index contributed by atoms with van der Waals surface area (Å²) in [7, 11) is 0.843. The molecule has 6 nitrogen and oxygen atoms in total. The Labute approximate surface area is 151 Å². The number of hydrogen-bond donors (Lipinski definition) is 3. The monoisotopic (exact) mass is 359 g/mol. The molecule has 0 aromatic carbocycles. The van der Waals surface area contributed by atoms with Crippen molar-refractivity contribution in [1.82, 2.24) is 14.7 Å². The summed E-state index contributed by atoms with van der Waals surface area (Å²) in [6.45, 7) is 0.810. The Morgan fingerprint density at radius 1 is 1.52 bits per heavy atom. The molecule has 0 amide bonds. The van der Waals surface area contributed by atoms with Crippen molar-refractivity contribution < 1.29 is 14.4 Å². The van der Waals surface area contributed by atoms with Crippen molar-refractivity contribution in [3.8, 4) is 5.75 Å². The summed E-state index contributed by atoms with van der Waals surface area (Å²) in [4.78, 5) is 7.51. The maximum Gasteiger partial charge on any atom is 0.552 e. The Hall–Kier alpha value is -1.48. The van der Waals surface area contributed by atoms with Crippen molar-refractivity contribution in [1.29, 1.82) is 0 Å². The predicted molar refractivity (Wildman–Crippen MR) is 101 cm³/mol. The Kier molecular flexibility index (Phi) is 5.03. The molecule has 0 unspecified atom stereocenters. The Bertz CT molecular complexity index is 776. The Morgan fingerprint density at radius 2 is 2.40 bits per heavy atom. The van der Waals surface area contributed by atoms with E-state index in [9.17, 15) is 5.02 Å². The lowest BCUT2D eigenvalue weighted by molar-refractivity contribution is 0.200. The van der Waals surface area contributed by atoms with Crippen LogP contribution in [-0.4, -0.2) is 47.6 Å². The number of hydrogen-bond acceptors (Lipinski definition) is 6. The summed E-state index contributed by atoms with van der Waals surface area (Å²) in [5.41, 5.74) is 3.11. The van der Waals surface area contributed by atoms with E-state index in [1.165, 1.54) is 5.57 Å². The molecule has 8 heteroatoms. The number of allylic oxidation sites excluding steroid dienone is 1. The molecule has 1 saturated carbocycles. The first-order valence-corrected chi connectivity index (χ1v) is 9.64. The van der Waals surface area contributed by atoms with Crippen LogP contribution in [0.3, 0.4) is 0 Å². The third-order valence-corrected chi connectivity index (χ3v) is 5.83. The van der Waals surface area contributed by atoms with Crippen molar-refractivity contribution in [2.45, 2.75) is 25.3 Å². The van der Waals surface area contributed by atoms with Crippen LogP contribution in [0.15, 0.2) is 24.4 Å². The quantitative estimate of drug-likeness (QED) is 0.400. The largest absolute Gasteiger partial charge is 0.552 e. The second-order valence-electron chi connectivity index (χ2n) is 6.55. The van der Waals surface area contributed by atoms with Crippen LogP contribution in [0.4, 0.5) is 0 Å². The number of fused-ring (bicyclic) bond motifs is 3. The number of pyridine rings is 1. The van der Waals surface area contributed by atoms with Crippen LogP contribution in [0.1, 0.15) is 24.8 Å². The second-order valence-corrected chi connectivity index (χ2v) is 7.48. The van der Waals surface area contributed by atoms with Gasteiger partial charge in [0.15, 0.2) is 0 Å². The lowest BCUT2D eigenvalue weighted by atomic mass is 9.68. The number of methoxy groups -OCH3 is 1. The number of aromatic nitrogens is 2. The molecule has 1 fully saturated rings. The summed E-state index contributed by atoms with van der Waals surface area (Å²) < 4.78 is 14.2. The van der Waals surface area contributed by atoms with Crippen LogP contribution in [0.2, 0.25) is 0 Å². The summed E-state index contributed by atoms with van der Waals surface area (Å²) in [6, 6.07) is 2.54. The number of aromatic amines is 1. The molecule has 2 aromatic heterocycles. The lowest BCUT2D eigenvalue weighted by Crippen LogP contribution is -2.39. The van der Waals surface area contributed by atoms with Gasteiger partial charge in [0.25, 0.3) is 0 Å². The fourth-order valence-electron chi connectivity index (χ4n) is 3.54. The van der Waals surface area contributed by atoms with Gasteiger partial charge in [-0.2, -0.15) is 0 Å². The molecule has 0 atom stereocenters. The minimum absolute atomic E-state index is 0.440. The molecule has 0 spiro atoms. The van der Waals surface area contributed by atoms with Gasteiger partial charge in [-0.05, 0) is 42.8 Å². The first-order chi connectivity index (χ1) is 12.3. The Morgan fingerprint density at radius 3 is 3.24 bits per heavy atom. The highest BCUT2D eigenvalue weighted by Gasteiger charge is 2.37. The van der Waals surface area contributed by atoms with E-state index in [0.29, 0.717) is 17.7 Å². The van der Waals surface area contributed by atoms with Gasteiger partial charge in [-0.3, -0.25) is 4.72 Å². The molecule has 0 bridgehead atoms. The normalized spacial score (nSPS) is 22.3. The van der Waals surface area contributed by atoms with Gasteiger partial charge in [-0.1, -0.05) is 11.9 Å². The molecule has 4 rings (SSSR count). The summed E-state index contributed by atoms with van der Waals surface area (Å²) >= 11 is 1.78. The van der Waals surface area contributed by atoms with Crippen molar-refractivity contribution >= 4 is 35.7 Å². The van der Waals surface area contributed by atoms with Gasteiger partial charge in [0.05, 0.1) is 6.20 Å².